The highest BCUT2D eigenvalue weighted by atomic mass is 35.5. The summed E-state index contributed by atoms with van der Waals surface area (Å²) in [5.74, 6) is 4.79. The highest BCUT2D eigenvalue weighted by Gasteiger charge is 2.22. The van der Waals surface area contributed by atoms with E-state index in [1.165, 1.54) is 67.2 Å². The van der Waals surface area contributed by atoms with Crippen molar-refractivity contribution in [3.05, 3.63) is 99.8 Å². The third-order valence-electron chi connectivity index (χ3n) is 13.9. The topological polar surface area (TPSA) is 177 Å². The lowest BCUT2D eigenvalue weighted by Gasteiger charge is -2.35. The Morgan fingerprint density at radius 2 is 0.973 bits per heavy atom. The number of anilines is 11. The van der Waals surface area contributed by atoms with Gasteiger partial charge in [0.15, 0.2) is 23.3 Å². The molecule has 8 heterocycles. The summed E-state index contributed by atoms with van der Waals surface area (Å²) < 4.78 is 11.0. The van der Waals surface area contributed by atoms with Crippen LogP contribution in [0.25, 0.3) is 0 Å². The summed E-state index contributed by atoms with van der Waals surface area (Å²) in [5.41, 5.74) is 14.0. The molecule has 4 fully saturated rings. The van der Waals surface area contributed by atoms with E-state index in [1.54, 1.807) is 26.6 Å². The Bertz CT molecular complexity index is 2820. The Balaban J connectivity index is 0.000000165. The summed E-state index contributed by atoms with van der Waals surface area (Å²) in [6, 6.07) is 16.0. The first-order valence-electron chi connectivity index (χ1n) is 25.8. The van der Waals surface area contributed by atoms with Crippen LogP contribution in [0.4, 0.5) is 63.3 Å². The minimum atomic E-state index is 0.158. The first-order chi connectivity index (χ1) is 36.4. The highest BCUT2D eigenvalue weighted by molar-refractivity contribution is 6.34. The van der Waals surface area contributed by atoms with Crippen LogP contribution in [0.2, 0.25) is 15.3 Å². The predicted molar refractivity (Wildman–Crippen MR) is 309 cm³/mol. The minimum absolute atomic E-state index is 0.158. The molecular weight excluding hydrogens is 1010 g/mol. The van der Waals surface area contributed by atoms with Gasteiger partial charge in [-0.05, 0) is 126 Å². The van der Waals surface area contributed by atoms with Gasteiger partial charge in [0.2, 0.25) is 11.2 Å². The number of halogens is 3. The summed E-state index contributed by atoms with van der Waals surface area (Å²) >= 11 is 18.4. The Morgan fingerprint density at radius 3 is 1.48 bits per heavy atom. The summed E-state index contributed by atoms with van der Waals surface area (Å²) in [7, 11) is 7.67. The van der Waals surface area contributed by atoms with E-state index in [0.29, 0.717) is 33.3 Å². The number of piperidine rings is 2. The number of benzene rings is 2. The zero-order valence-corrected chi connectivity index (χ0v) is 46.3. The molecule has 0 unspecified atom stereocenters. The molecule has 0 radical (unpaired) electrons. The van der Waals surface area contributed by atoms with E-state index in [0.717, 1.165) is 119 Å². The fraction of sp³-hybridized carbons (Fsp3) is 0.444. The molecular formula is C54H71Cl3N16O2. The fourth-order valence-electron chi connectivity index (χ4n) is 9.62. The van der Waals surface area contributed by atoms with Gasteiger partial charge in [0.25, 0.3) is 0 Å². The normalized spacial score (nSPS) is 16.3. The maximum absolute atomic E-state index is 6.51. The number of nitrogens with zero attached hydrogens (tertiary/aromatic N) is 12. The lowest BCUT2D eigenvalue weighted by Crippen LogP contribution is -2.44. The molecule has 4 aliphatic rings. The fourth-order valence-corrected chi connectivity index (χ4v) is 10.0. The second kappa shape index (κ2) is 26.4. The first-order valence-corrected chi connectivity index (χ1v) is 26.9. The van der Waals surface area contributed by atoms with Gasteiger partial charge in [0.05, 0.1) is 49.4 Å². The number of ether oxygens (including phenoxy) is 2. The van der Waals surface area contributed by atoms with E-state index in [4.69, 9.17) is 55.0 Å². The van der Waals surface area contributed by atoms with Gasteiger partial charge in [-0.15, -0.1) is 0 Å². The number of nitrogen functional groups attached to an aromatic ring is 1. The van der Waals surface area contributed by atoms with Gasteiger partial charge in [-0.25, -0.2) is 19.9 Å². The number of pyridine rings is 2. The summed E-state index contributed by atoms with van der Waals surface area (Å²) in [4.78, 5) is 40.3. The Hall–Kier alpha value is -6.31. The van der Waals surface area contributed by atoms with Crippen LogP contribution in [0.3, 0.4) is 0 Å². The van der Waals surface area contributed by atoms with Crippen LogP contribution in [0, 0.1) is 13.8 Å². The number of methoxy groups -OCH3 is 2. The Kier molecular flexibility index (Phi) is 19.4. The molecule has 6 aromatic rings. The predicted octanol–water partition coefficient (Wildman–Crippen LogP) is 10.3. The van der Waals surface area contributed by atoms with Crippen molar-refractivity contribution in [1.82, 2.24) is 39.7 Å². The highest BCUT2D eigenvalue weighted by Crippen LogP contribution is 2.37. The standard InChI is InChI=1S/C27H35ClN8O.C14H15Cl2N5.C13H21N3O/c1-19-16-22(24(37-3)17-23(19)35-14-12-34(2)13-15-35)32-27-30-18-20(28)25(33-27)31-21-8-7-9-29-26(21)36-10-5-4-6-11-36;15-10-9-18-14(16)20-12(10)19-11-5-4-6-17-13(11)21-7-2-1-3-8-21;1-10-8-11(14)13(17-3)9-12(10)16-6-4-15(2)5-7-16/h7-9,16-18H,4-6,10-15H2,1-3H3,(H2,30,31,32,33);4-6,9H,1-3,7-8H2,(H,18,19,20);8-9H,4-7,14H2,1-3H3. The molecule has 75 heavy (non-hydrogen) atoms. The van der Waals surface area contributed by atoms with Crippen molar-refractivity contribution < 1.29 is 9.47 Å². The largest absolute Gasteiger partial charge is 0.495 e. The third kappa shape index (κ3) is 14.5. The van der Waals surface area contributed by atoms with Crippen molar-refractivity contribution >= 4 is 98.1 Å². The monoisotopic (exact) mass is 1080 g/mol. The lowest BCUT2D eigenvalue weighted by molar-refractivity contribution is 0.312. The zero-order valence-electron chi connectivity index (χ0n) is 44.1. The van der Waals surface area contributed by atoms with Gasteiger partial charge in [-0.2, -0.15) is 9.97 Å². The molecule has 0 saturated carbocycles. The number of aryl methyl sites for hydroxylation is 2. The molecule has 21 heteroatoms. The molecule has 4 aliphatic heterocycles. The molecule has 5 N–H and O–H groups in total. The smallest absolute Gasteiger partial charge is 0.229 e. The van der Waals surface area contributed by atoms with Crippen LogP contribution in [-0.2, 0) is 0 Å². The average Bonchev–Trinajstić information content (AvgIpc) is 3.43. The molecule has 0 atom stereocenters. The van der Waals surface area contributed by atoms with Gasteiger partial charge in [0.1, 0.15) is 21.5 Å². The summed E-state index contributed by atoms with van der Waals surface area (Å²) in [5, 5.41) is 11.0. The molecule has 0 spiro atoms. The van der Waals surface area contributed by atoms with Crippen molar-refractivity contribution in [1.29, 1.82) is 0 Å². The molecule has 4 saturated heterocycles. The average molecular weight is 1080 g/mol. The summed E-state index contributed by atoms with van der Waals surface area (Å²) in [6.45, 7) is 16.7. The number of nitrogens with two attached hydrogens (primary N) is 1. The minimum Gasteiger partial charge on any atom is -0.495 e. The maximum atomic E-state index is 6.51. The van der Waals surface area contributed by atoms with Gasteiger partial charge in [-0.3, -0.25) is 0 Å². The van der Waals surface area contributed by atoms with E-state index in [1.807, 2.05) is 36.5 Å². The molecule has 18 nitrogen and oxygen atoms in total. The van der Waals surface area contributed by atoms with Crippen molar-refractivity contribution in [3.8, 4) is 11.5 Å². The molecule has 0 amide bonds. The van der Waals surface area contributed by atoms with Crippen molar-refractivity contribution in [2.24, 2.45) is 0 Å². The van der Waals surface area contributed by atoms with Crippen LogP contribution in [0.5, 0.6) is 11.5 Å². The Labute approximate surface area is 456 Å². The van der Waals surface area contributed by atoms with E-state index in [-0.39, 0.29) is 5.28 Å². The van der Waals surface area contributed by atoms with Gasteiger partial charge in [0, 0.05) is 114 Å². The number of nitrogens with one attached hydrogen (secondary N) is 3. The van der Waals surface area contributed by atoms with E-state index in [2.05, 4.69) is 116 Å². The van der Waals surface area contributed by atoms with Crippen molar-refractivity contribution in [2.75, 3.05) is 148 Å². The van der Waals surface area contributed by atoms with Gasteiger partial charge in [-0.1, -0.05) is 23.2 Å². The molecule has 0 aliphatic carbocycles. The quantitative estimate of drug-likeness (QED) is 0.0672. The molecule has 4 aromatic heterocycles. The van der Waals surface area contributed by atoms with Crippen LogP contribution >= 0.6 is 34.8 Å². The second-order valence-corrected chi connectivity index (χ2v) is 20.4. The van der Waals surface area contributed by atoms with E-state index >= 15 is 0 Å². The first kappa shape index (κ1) is 54.9. The third-order valence-corrected chi connectivity index (χ3v) is 14.6. The number of piperazine rings is 2. The zero-order chi connectivity index (χ0) is 52.8. The molecule has 400 valence electrons. The van der Waals surface area contributed by atoms with Gasteiger partial charge < -0.3 is 60.6 Å². The van der Waals surface area contributed by atoms with E-state index in [9.17, 15) is 0 Å². The molecule has 0 bridgehead atoms. The number of hydrogen-bond donors (Lipinski definition) is 4. The van der Waals surface area contributed by atoms with Crippen molar-refractivity contribution in [2.45, 2.75) is 52.4 Å². The number of aromatic nitrogens is 6. The maximum Gasteiger partial charge on any atom is 0.229 e. The Morgan fingerprint density at radius 1 is 0.507 bits per heavy atom. The van der Waals surface area contributed by atoms with Crippen molar-refractivity contribution in [3.63, 3.8) is 0 Å². The number of likely N-dealkylation sites (N-methyl/N-ethyl adjacent to an activating group) is 2. The van der Waals surface area contributed by atoms with Crippen LogP contribution in [0.15, 0.2) is 73.3 Å². The van der Waals surface area contributed by atoms with Gasteiger partial charge >= 0.3 is 0 Å². The number of hydrogen-bond acceptors (Lipinski definition) is 18. The van der Waals surface area contributed by atoms with Crippen LogP contribution < -0.4 is 50.8 Å². The lowest BCUT2D eigenvalue weighted by atomic mass is 10.1. The van der Waals surface area contributed by atoms with E-state index < -0.39 is 0 Å². The van der Waals surface area contributed by atoms with Crippen LogP contribution in [0.1, 0.15) is 49.7 Å². The van der Waals surface area contributed by atoms with Crippen LogP contribution in [-0.4, -0.2) is 147 Å². The number of rotatable bonds is 12. The SMILES string of the molecule is COc1cc(N2CCN(C)CC2)c(C)cc1N.COc1cc(N2CCN(C)CC2)c(C)cc1Nc1ncc(Cl)c(Nc2cccnc2N2CCCCC2)n1.Clc1ncc(Cl)c(Nc2cccnc2N2CCCCC2)n1. The second-order valence-electron chi connectivity index (χ2n) is 19.2. The summed E-state index contributed by atoms with van der Waals surface area (Å²) in [6.07, 6.45) is 14.0. The molecule has 2 aromatic carbocycles. The molecule has 10 rings (SSSR count).